The quantitative estimate of drug-likeness (QED) is 0.437. The Bertz CT molecular complexity index is 1270. The van der Waals surface area contributed by atoms with Crippen LogP contribution in [0.4, 0.5) is 17.1 Å². The number of carbonyl (C=O) groups is 2. The highest BCUT2D eigenvalue weighted by Crippen LogP contribution is 2.47. The van der Waals surface area contributed by atoms with Crippen LogP contribution < -0.4 is 15.1 Å². The number of allylic oxidation sites excluding steroid dienone is 1. The maximum absolute atomic E-state index is 13.9. The summed E-state index contributed by atoms with van der Waals surface area (Å²) in [5.74, 6) is 0.650. The van der Waals surface area contributed by atoms with Crippen molar-refractivity contribution in [1.29, 1.82) is 0 Å². The number of nitrogens with one attached hydrogen (secondary N) is 1. The summed E-state index contributed by atoms with van der Waals surface area (Å²) in [5, 5.41) is 3.56. The van der Waals surface area contributed by atoms with Crippen molar-refractivity contribution < 1.29 is 14.0 Å². The Morgan fingerprint density at radius 1 is 1.00 bits per heavy atom. The molecule has 3 aromatic rings. The van der Waals surface area contributed by atoms with Gasteiger partial charge in [-0.25, -0.2) is 0 Å². The summed E-state index contributed by atoms with van der Waals surface area (Å²) in [5.41, 5.74) is 5.42. The summed E-state index contributed by atoms with van der Waals surface area (Å²) in [4.78, 5) is 31.2. The zero-order chi connectivity index (χ0) is 25.2. The largest absolute Gasteiger partial charge is 0.467 e. The van der Waals surface area contributed by atoms with E-state index in [-0.39, 0.29) is 17.6 Å². The van der Waals surface area contributed by atoms with E-state index in [0.29, 0.717) is 30.6 Å². The lowest BCUT2D eigenvalue weighted by atomic mass is 9.79. The Hall–Kier alpha value is -3.80. The van der Waals surface area contributed by atoms with Crippen molar-refractivity contribution in [1.82, 2.24) is 0 Å². The van der Waals surface area contributed by atoms with Gasteiger partial charge < -0.3 is 14.6 Å². The first-order chi connectivity index (χ1) is 17.5. The monoisotopic (exact) mass is 483 g/mol. The molecule has 0 unspecified atom stereocenters. The molecule has 1 aliphatic carbocycles. The maximum atomic E-state index is 13.9. The fourth-order valence-electron chi connectivity index (χ4n) is 5.53. The van der Waals surface area contributed by atoms with Crippen molar-refractivity contribution in [2.75, 3.05) is 28.2 Å². The SMILES string of the molecule is CCC(=O)N1c2ccccc2NC2=C(C(=O)C[C@H](c3ccc(N(CC)CC)cc3)C2)[C@H]1c1ccco1. The predicted octanol–water partition coefficient (Wildman–Crippen LogP) is 6.44. The number of ketones is 1. The number of hydrogen-bond donors (Lipinski definition) is 1. The van der Waals surface area contributed by atoms with Crippen LogP contribution in [-0.2, 0) is 9.59 Å². The van der Waals surface area contributed by atoms with Crippen LogP contribution in [0.3, 0.4) is 0 Å². The Morgan fingerprint density at radius 3 is 2.42 bits per heavy atom. The topological polar surface area (TPSA) is 65.8 Å². The van der Waals surface area contributed by atoms with E-state index in [4.69, 9.17) is 4.42 Å². The van der Waals surface area contributed by atoms with Crippen LogP contribution in [-0.4, -0.2) is 24.8 Å². The van der Waals surface area contributed by atoms with Gasteiger partial charge in [-0.15, -0.1) is 0 Å². The van der Waals surface area contributed by atoms with Crippen molar-refractivity contribution in [3.63, 3.8) is 0 Å². The summed E-state index contributed by atoms with van der Waals surface area (Å²) in [6, 6.07) is 19.4. The lowest BCUT2D eigenvalue weighted by molar-refractivity contribution is -0.119. The van der Waals surface area contributed by atoms with E-state index >= 15 is 0 Å². The fraction of sp³-hybridized carbons (Fsp3) is 0.333. The standard InChI is InChI=1S/C30H33N3O3/c1-4-28(35)33-25-11-8-7-10-23(25)31-24-18-21(20-13-15-22(16-14-20)32(5-2)6-3)19-26(34)29(24)30(33)27-12-9-17-36-27/h7-17,21,30-31H,4-6,18-19H2,1-3H3/t21-,30-/m1/s1. The average Bonchev–Trinajstić information content (AvgIpc) is 3.39. The summed E-state index contributed by atoms with van der Waals surface area (Å²) in [7, 11) is 0. The van der Waals surface area contributed by atoms with E-state index in [9.17, 15) is 9.59 Å². The molecule has 0 saturated carbocycles. The van der Waals surface area contributed by atoms with Gasteiger partial charge in [-0.3, -0.25) is 14.5 Å². The molecule has 1 amide bonds. The smallest absolute Gasteiger partial charge is 0.227 e. The molecule has 1 aliphatic heterocycles. The van der Waals surface area contributed by atoms with Crippen molar-refractivity contribution in [3.8, 4) is 0 Å². The van der Waals surface area contributed by atoms with Gasteiger partial charge in [0, 0.05) is 42.9 Å². The number of furan rings is 1. The predicted molar refractivity (Wildman–Crippen MR) is 143 cm³/mol. The molecule has 2 heterocycles. The molecule has 0 radical (unpaired) electrons. The third-order valence-electron chi connectivity index (χ3n) is 7.37. The van der Waals surface area contributed by atoms with Crippen LogP contribution in [0.1, 0.15) is 63.3 Å². The normalized spacial score (nSPS) is 19.3. The molecule has 5 rings (SSSR count). The third kappa shape index (κ3) is 4.21. The van der Waals surface area contributed by atoms with Gasteiger partial charge in [0.1, 0.15) is 11.8 Å². The van der Waals surface area contributed by atoms with E-state index in [1.807, 2.05) is 43.3 Å². The lowest BCUT2D eigenvalue weighted by Crippen LogP contribution is -2.38. The van der Waals surface area contributed by atoms with Crippen molar-refractivity contribution in [2.45, 2.75) is 52.0 Å². The third-order valence-corrected chi connectivity index (χ3v) is 7.37. The molecule has 6 heteroatoms. The highest BCUT2D eigenvalue weighted by molar-refractivity contribution is 6.06. The molecule has 6 nitrogen and oxygen atoms in total. The van der Waals surface area contributed by atoms with Crippen LogP contribution >= 0.6 is 0 Å². The van der Waals surface area contributed by atoms with Crippen molar-refractivity contribution in [2.24, 2.45) is 0 Å². The molecule has 2 aliphatic rings. The highest BCUT2D eigenvalue weighted by atomic mass is 16.3. The number of rotatable bonds is 6. The van der Waals surface area contributed by atoms with Crippen LogP contribution in [0.15, 0.2) is 82.6 Å². The van der Waals surface area contributed by atoms with E-state index in [2.05, 4.69) is 48.3 Å². The molecule has 0 saturated heterocycles. The van der Waals surface area contributed by atoms with Gasteiger partial charge in [0.15, 0.2) is 5.78 Å². The fourth-order valence-corrected chi connectivity index (χ4v) is 5.53. The molecule has 1 N–H and O–H groups in total. The number of amides is 1. The van der Waals surface area contributed by atoms with Crippen LogP contribution in [0, 0.1) is 0 Å². The number of carbonyl (C=O) groups excluding carboxylic acids is 2. The number of Topliss-reactive ketones (excluding diaryl/α,β-unsaturated/α-hetero) is 1. The van der Waals surface area contributed by atoms with Gasteiger partial charge in [-0.2, -0.15) is 0 Å². The first kappa shape index (κ1) is 23.9. The molecule has 0 bridgehead atoms. The van der Waals surface area contributed by atoms with Crippen molar-refractivity contribution in [3.05, 3.63) is 89.5 Å². The summed E-state index contributed by atoms with van der Waals surface area (Å²) < 4.78 is 5.82. The van der Waals surface area contributed by atoms with Crippen LogP contribution in [0.5, 0.6) is 0 Å². The van der Waals surface area contributed by atoms with Gasteiger partial charge in [0.05, 0.1) is 17.6 Å². The average molecular weight is 484 g/mol. The van der Waals surface area contributed by atoms with Crippen LogP contribution in [0.2, 0.25) is 0 Å². The van der Waals surface area contributed by atoms with E-state index in [1.165, 1.54) is 5.69 Å². The second-order valence-electron chi connectivity index (χ2n) is 9.36. The molecule has 0 fully saturated rings. The minimum atomic E-state index is -0.600. The zero-order valence-electron chi connectivity index (χ0n) is 21.2. The maximum Gasteiger partial charge on any atom is 0.227 e. The summed E-state index contributed by atoms with van der Waals surface area (Å²) >= 11 is 0. The number of hydrogen-bond acceptors (Lipinski definition) is 5. The number of fused-ring (bicyclic) bond motifs is 1. The number of benzene rings is 2. The van der Waals surface area contributed by atoms with Gasteiger partial charge in [0.25, 0.3) is 0 Å². The van der Waals surface area contributed by atoms with Gasteiger partial charge in [-0.05, 0) is 68.1 Å². The van der Waals surface area contributed by atoms with E-state index in [1.54, 1.807) is 11.2 Å². The Labute approximate surface area is 212 Å². The Balaban J connectivity index is 1.58. The summed E-state index contributed by atoms with van der Waals surface area (Å²) in [6.07, 6.45) is 3.00. The zero-order valence-corrected chi connectivity index (χ0v) is 21.2. The van der Waals surface area contributed by atoms with Crippen molar-refractivity contribution >= 4 is 28.8 Å². The molecule has 2 atom stereocenters. The molecular weight excluding hydrogens is 450 g/mol. The molecule has 2 aromatic carbocycles. The lowest BCUT2D eigenvalue weighted by Gasteiger charge is -2.33. The molecule has 36 heavy (non-hydrogen) atoms. The van der Waals surface area contributed by atoms with Gasteiger partial charge in [-0.1, -0.05) is 31.2 Å². The minimum Gasteiger partial charge on any atom is -0.467 e. The van der Waals surface area contributed by atoms with Gasteiger partial charge >= 0.3 is 0 Å². The second-order valence-corrected chi connectivity index (χ2v) is 9.36. The Kier molecular flexibility index (Phi) is 6.68. The molecule has 1 aromatic heterocycles. The first-order valence-corrected chi connectivity index (χ1v) is 12.9. The number of nitrogens with zero attached hydrogens (tertiary/aromatic N) is 2. The molecule has 186 valence electrons. The van der Waals surface area contributed by atoms with Crippen LogP contribution in [0.25, 0.3) is 0 Å². The van der Waals surface area contributed by atoms with E-state index < -0.39 is 6.04 Å². The Morgan fingerprint density at radius 2 is 1.75 bits per heavy atom. The number of para-hydroxylation sites is 2. The second kappa shape index (κ2) is 10.1. The van der Waals surface area contributed by atoms with Gasteiger partial charge in [0.2, 0.25) is 5.91 Å². The molecular formula is C30H33N3O3. The minimum absolute atomic E-state index is 0.0460. The van der Waals surface area contributed by atoms with E-state index in [0.717, 1.165) is 35.7 Å². The summed E-state index contributed by atoms with van der Waals surface area (Å²) in [6.45, 7) is 8.07. The molecule has 0 spiro atoms. The first-order valence-electron chi connectivity index (χ1n) is 12.9. The number of anilines is 3. The highest BCUT2D eigenvalue weighted by Gasteiger charge is 2.42.